The highest BCUT2D eigenvalue weighted by molar-refractivity contribution is 5.99. The van der Waals surface area contributed by atoms with Crippen LogP contribution in [0.15, 0.2) is 24.3 Å². The number of hydrogen-bond donors (Lipinski definition) is 1. The molecule has 1 heterocycles. The molecule has 1 amide bonds. The Morgan fingerprint density at radius 2 is 2.37 bits per heavy atom. The van der Waals surface area contributed by atoms with Gasteiger partial charge in [-0.2, -0.15) is 5.26 Å². The number of carbonyl (C=O) groups is 1. The summed E-state index contributed by atoms with van der Waals surface area (Å²) < 4.78 is 5.25. The van der Waals surface area contributed by atoms with Crippen LogP contribution in [0.5, 0.6) is 0 Å². The molecule has 1 aromatic rings. The first-order valence-corrected chi connectivity index (χ1v) is 6.39. The van der Waals surface area contributed by atoms with Crippen molar-refractivity contribution in [3.63, 3.8) is 0 Å². The molecule has 0 radical (unpaired) electrons. The Morgan fingerprint density at radius 3 is 3.11 bits per heavy atom. The second-order valence-electron chi connectivity index (χ2n) is 4.32. The molecule has 0 saturated carbocycles. The molecule has 1 atom stereocenters. The first-order valence-electron chi connectivity index (χ1n) is 6.39. The van der Waals surface area contributed by atoms with Crippen molar-refractivity contribution in [1.29, 1.82) is 5.26 Å². The molecular formula is C14H17N3O2. The number of para-hydroxylation sites is 1. The van der Waals surface area contributed by atoms with E-state index < -0.39 is 6.10 Å². The first-order chi connectivity index (χ1) is 9.26. The van der Waals surface area contributed by atoms with Crippen molar-refractivity contribution in [3.8, 4) is 6.07 Å². The highest BCUT2D eigenvalue weighted by Gasteiger charge is 2.25. The third-order valence-electron chi connectivity index (χ3n) is 3.02. The van der Waals surface area contributed by atoms with Crippen LogP contribution in [-0.2, 0) is 4.74 Å². The molecule has 0 spiro atoms. The highest BCUT2D eigenvalue weighted by atomic mass is 16.5. The zero-order chi connectivity index (χ0) is 13.7. The number of carbonyl (C=O) groups excluding carboxylic acids is 1. The Bertz CT molecular complexity index is 496. The van der Waals surface area contributed by atoms with Crippen LogP contribution < -0.4 is 5.32 Å². The van der Waals surface area contributed by atoms with Gasteiger partial charge < -0.3 is 15.0 Å². The molecule has 5 nitrogen and oxygen atoms in total. The van der Waals surface area contributed by atoms with Crippen molar-refractivity contribution in [2.24, 2.45) is 0 Å². The number of ether oxygens (including phenoxy) is 1. The molecule has 1 aliphatic heterocycles. The fourth-order valence-electron chi connectivity index (χ4n) is 2.10. The van der Waals surface area contributed by atoms with Gasteiger partial charge in [0.1, 0.15) is 0 Å². The van der Waals surface area contributed by atoms with Crippen LogP contribution in [0.1, 0.15) is 17.3 Å². The summed E-state index contributed by atoms with van der Waals surface area (Å²) in [6.07, 6.45) is -0.524. The molecule has 1 N–H and O–H groups in total. The van der Waals surface area contributed by atoms with E-state index in [-0.39, 0.29) is 5.91 Å². The summed E-state index contributed by atoms with van der Waals surface area (Å²) in [5.41, 5.74) is 1.47. The average molecular weight is 259 g/mol. The van der Waals surface area contributed by atoms with Crippen molar-refractivity contribution in [2.45, 2.75) is 13.0 Å². The first kappa shape index (κ1) is 13.4. The minimum Gasteiger partial charge on any atom is -0.385 e. The standard InChI is InChI=1S/C14H17N3O2/c1-2-16-13-6-4-3-5-12(13)14(18)17-7-8-19-11(9-15)10-17/h3-6,11,16H,2,7-8,10H2,1H3. The van der Waals surface area contributed by atoms with Gasteiger partial charge in [-0.25, -0.2) is 0 Å². The lowest BCUT2D eigenvalue weighted by molar-refractivity contribution is 0.00351. The minimum absolute atomic E-state index is 0.0555. The zero-order valence-corrected chi connectivity index (χ0v) is 10.9. The molecule has 0 aromatic heterocycles. The smallest absolute Gasteiger partial charge is 0.256 e. The zero-order valence-electron chi connectivity index (χ0n) is 10.9. The van der Waals surface area contributed by atoms with Gasteiger partial charge >= 0.3 is 0 Å². The number of morpholine rings is 1. The van der Waals surface area contributed by atoms with Crippen molar-refractivity contribution < 1.29 is 9.53 Å². The van der Waals surface area contributed by atoms with Gasteiger partial charge in [0.05, 0.1) is 24.8 Å². The summed E-state index contributed by atoms with van der Waals surface area (Å²) in [6, 6.07) is 9.48. The number of hydrogen-bond acceptors (Lipinski definition) is 4. The second-order valence-corrected chi connectivity index (χ2v) is 4.32. The van der Waals surface area contributed by atoms with Gasteiger partial charge in [0.15, 0.2) is 6.10 Å². The van der Waals surface area contributed by atoms with Gasteiger partial charge in [-0.1, -0.05) is 12.1 Å². The maximum atomic E-state index is 12.5. The van der Waals surface area contributed by atoms with Crippen LogP contribution in [0.3, 0.4) is 0 Å². The van der Waals surface area contributed by atoms with E-state index in [1.54, 1.807) is 11.0 Å². The monoisotopic (exact) mass is 259 g/mol. The number of amides is 1. The summed E-state index contributed by atoms with van der Waals surface area (Å²) in [6.45, 7) is 4.01. The van der Waals surface area contributed by atoms with E-state index in [0.29, 0.717) is 25.3 Å². The molecule has 1 unspecified atom stereocenters. The SMILES string of the molecule is CCNc1ccccc1C(=O)N1CCOC(C#N)C1. The van der Waals surface area contributed by atoms with E-state index in [9.17, 15) is 4.79 Å². The maximum absolute atomic E-state index is 12.5. The quantitative estimate of drug-likeness (QED) is 0.893. The van der Waals surface area contributed by atoms with Crippen molar-refractivity contribution in [1.82, 2.24) is 4.90 Å². The maximum Gasteiger partial charge on any atom is 0.256 e. The van der Waals surface area contributed by atoms with Gasteiger partial charge in [0, 0.05) is 18.8 Å². The summed E-state index contributed by atoms with van der Waals surface area (Å²) in [7, 11) is 0. The lowest BCUT2D eigenvalue weighted by Crippen LogP contribution is -2.45. The molecule has 0 aliphatic carbocycles. The van der Waals surface area contributed by atoms with Gasteiger partial charge in [-0.3, -0.25) is 4.79 Å². The number of benzene rings is 1. The minimum atomic E-state index is -0.524. The number of nitriles is 1. The van der Waals surface area contributed by atoms with Gasteiger partial charge in [-0.05, 0) is 19.1 Å². The lowest BCUT2D eigenvalue weighted by Gasteiger charge is -2.30. The van der Waals surface area contributed by atoms with Gasteiger partial charge in [0.2, 0.25) is 0 Å². The second kappa shape index (κ2) is 6.21. The molecule has 100 valence electrons. The molecule has 5 heteroatoms. The number of rotatable bonds is 3. The Morgan fingerprint density at radius 1 is 1.58 bits per heavy atom. The van der Waals surface area contributed by atoms with Crippen molar-refractivity contribution in [2.75, 3.05) is 31.6 Å². The average Bonchev–Trinajstić information content (AvgIpc) is 2.47. The Labute approximate surface area is 112 Å². The van der Waals surface area contributed by atoms with E-state index >= 15 is 0 Å². The predicted molar refractivity (Wildman–Crippen MR) is 71.9 cm³/mol. The van der Waals surface area contributed by atoms with Crippen LogP contribution in [0.25, 0.3) is 0 Å². The summed E-state index contributed by atoms with van der Waals surface area (Å²) in [5, 5.41) is 12.1. The summed E-state index contributed by atoms with van der Waals surface area (Å²) in [4.78, 5) is 14.2. The molecular weight excluding hydrogens is 242 g/mol. The normalized spacial score (nSPS) is 18.7. The largest absolute Gasteiger partial charge is 0.385 e. The molecule has 0 bridgehead atoms. The Hall–Kier alpha value is -2.06. The Balaban J connectivity index is 2.17. The van der Waals surface area contributed by atoms with Crippen LogP contribution in [0, 0.1) is 11.3 Å². The van der Waals surface area contributed by atoms with E-state index in [2.05, 4.69) is 5.32 Å². The van der Waals surface area contributed by atoms with Crippen molar-refractivity contribution >= 4 is 11.6 Å². The van der Waals surface area contributed by atoms with E-state index in [0.717, 1.165) is 12.2 Å². The van der Waals surface area contributed by atoms with Crippen LogP contribution in [0.4, 0.5) is 5.69 Å². The molecule has 19 heavy (non-hydrogen) atoms. The summed E-state index contributed by atoms with van der Waals surface area (Å²) in [5.74, 6) is -0.0555. The third kappa shape index (κ3) is 3.04. The van der Waals surface area contributed by atoms with Crippen LogP contribution in [-0.4, -0.2) is 43.2 Å². The Kier molecular flexibility index (Phi) is 4.37. The molecule has 1 aliphatic rings. The van der Waals surface area contributed by atoms with Crippen LogP contribution >= 0.6 is 0 Å². The number of anilines is 1. The van der Waals surface area contributed by atoms with Crippen molar-refractivity contribution in [3.05, 3.63) is 29.8 Å². The lowest BCUT2D eigenvalue weighted by atomic mass is 10.1. The van der Waals surface area contributed by atoms with Gasteiger partial charge in [-0.15, -0.1) is 0 Å². The molecule has 1 fully saturated rings. The molecule has 2 rings (SSSR count). The topological polar surface area (TPSA) is 65.4 Å². The fraction of sp³-hybridized carbons (Fsp3) is 0.429. The number of nitrogens with zero attached hydrogens (tertiary/aromatic N) is 2. The highest BCUT2D eigenvalue weighted by Crippen LogP contribution is 2.18. The van der Waals surface area contributed by atoms with E-state index in [1.165, 1.54) is 0 Å². The number of nitrogens with one attached hydrogen (secondary N) is 1. The third-order valence-corrected chi connectivity index (χ3v) is 3.02. The molecule has 1 saturated heterocycles. The van der Waals surface area contributed by atoms with Crippen LogP contribution in [0.2, 0.25) is 0 Å². The fourth-order valence-corrected chi connectivity index (χ4v) is 2.10. The summed E-state index contributed by atoms with van der Waals surface area (Å²) >= 11 is 0. The predicted octanol–water partition coefficient (Wildman–Crippen LogP) is 1.48. The van der Waals surface area contributed by atoms with E-state index in [1.807, 2.05) is 31.2 Å². The van der Waals surface area contributed by atoms with Gasteiger partial charge in [0.25, 0.3) is 5.91 Å². The van der Waals surface area contributed by atoms with E-state index in [4.69, 9.17) is 10.00 Å². The molecule has 1 aromatic carbocycles.